The van der Waals surface area contributed by atoms with Crippen LogP contribution in [0.15, 0.2) is 17.5 Å². The molecule has 0 radical (unpaired) electrons. The van der Waals surface area contributed by atoms with Crippen molar-refractivity contribution in [3.05, 3.63) is 22.4 Å². The molecule has 2 nitrogen and oxygen atoms in total. The van der Waals surface area contributed by atoms with Gasteiger partial charge in [-0.15, -0.1) is 11.3 Å². The molecular weight excluding hydrogens is 240 g/mol. The number of rotatable bonds is 4. The average Bonchev–Trinajstić information content (AvgIpc) is 3.05. The second-order valence-corrected chi connectivity index (χ2v) is 6.63. The van der Waals surface area contributed by atoms with Crippen molar-refractivity contribution in [1.29, 1.82) is 0 Å². The summed E-state index contributed by atoms with van der Waals surface area (Å²) in [6.07, 6.45) is 5.43. The zero-order valence-corrected chi connectivity index (χ0v) is 12.2. The Bertz CT molecular complexity index is 363. The quantitative estimate of drug-likeness (QED) is 0.822. The number of fused-ring (bicyclic) bond motifs is 1. The van der Waals surface area contributed by atoms with Crippen LogP contribution in [0.3, 0.4) is 0 Å². The van der Waals surface area contributed by atoms with Crippen molar-refractivity contribution in [2.75, 3.05) is 26.2 Å². The fraction of sp³-hybridized carbons (Fsp3) is 0.733. The molecule has 0 amide bonds. The van der Waals surface area contributed by atoms with Gasteiger partial charge in [0, 0.05) is 36.6 Å². The van der Waals surface area contributed by atoms with Gasteiger partial charge in [-0.1, -0.05) is 19.4 Å². The minimum Gasteiger partial charge on any atom is -0.298 e. The van der Waals surface area contributed by atoms with Crippen molar-refractivity contribution >= 4 is 11.3 Å². The Balaban J connectivity index is 1.71. The van der Waals surface area contributed by atoms with Crippen LogP contribution >= 0.6 is 11.3 Å². The normalized spacial score (nSPS) is 27.3. The molecule has 3 heterocycles. The predicted molar refractivity (Wildman–Crippen MR) is 78.1 cm³/mol. The number of thiophene rings is 1. The number of hydrogen-bond donors (Lipinski definition) is 0. The Labute approximate surface area is 115 Å². The van der Waals surface area contributed by atoms with Crippen LogP contribution in [0.1, 0.15) is 43.5 Å². The number of nitrogens with zero attached hydrogens (tertiary/aromatic N) is 2. The molecule has 0 aliphatic carbocycles. The lowest BCUT2D eigenvalue weighted by atomic mass is 10.0. The van der Waals surface area contributed by atoms with Gasteiger partial charge in [0.05, 0.1) is 0 Å². The molecule has 2 aliphatic rings. The highest BCUT2D eigenvalue weighted by molar-refractivity contribution is 7.10. The van der Waals surface area contributed by atoms with Gasteiger partial charge in [0.15, 0.2) is 0 Å². The van der Waals surface area contributed by atoms with E-state index in [9.17, 15) is 0 Å². The second-order valence-electron chi connectivity index (χ2n) is 5.65. The highest BCUT2D eigenvalue weighted by Crippen LogP contribution is 2.33. The SMILES string of the molecule is CCCC(c1cccs1)N1CCN2CCCC2C1. The summed E-state index contributed by atoms with van der Waals surface area (Å²) in [7, 11) is 0. The molecule has 2 saturated heterocycles. The zero-order valence-electron chi connectivity index (χ0n) is 11.3. The van der Waals surface area contributed by atoms with Crippen LogP contribution in [-0.4, -0.2) is 42.0 Å². The second kappa shape index (κ2) is 5.72. The van der Waals surface area contributed by atoms with Gasteiger partial charge in [0.25, 0.3) is 0 Å². The third-order valence-corrected chi connectivity index (χ3v) is 5.47. The zero-order chi connectivity index (χ0) is 12.4. The first-order chi connectivity index (χ1) is 8.88. The van der Waals surface area contributed by atoms with E-state index < -0.39 is 0 Å². The lowest BCUT2D eigenvalue weighted by molar-refractivity contribution is 0.0687. The predicted octanol–water partition coefficient (Wildman–Crippen LogP) is 3.37. The van der Waals surface area contributed by atoms with Crippen molar-refractivity contribution in [3.8, 4) is 0 Å². The molecule has 2 unspecified atom stereocenters. The highest BCUT2D eigenvalue weighted by atomic mass is 32.1. The van der Waals surface area contributed by atoms with E-state index >= 15 is 0 Å². The van der Waals surface area contributed by atoms with Gasteiger partial charge < -0.3 is 0 Å². The fourth-order valence-electron chi connectivity index (χ4n) is 3.56. The van der Waals surface area contributed by atoms with E-state index in [0.29, 0.717) is 6.04 Å². The van der Waals surface area contributed by atoms with Gasteiger partial charge in [0.1, 0.15) is 0 Å². The Kier molecular flexibility index (Phi) is 4.02. The van der Waals surface area contributed by atoms with Crippen molar-refractivity contribution < 1.29 is 0 Å². The first kappa shape index (κ1) is 12.6. The Hall–Kier alpha value is -0.380. The van der Waals surface area contributed by atoms with Gasteiger partial charge >= 0.3 is 0 Å². The molecule has 2 fully saturated rings. The van der Waals surface area contributed by atoms with Gasteiger partial charge in [-0.2, -0.15) is 0 Å². The molecule has 0 saturated carbocycles. The molecule has 100 valence electrons. The third kappa shape index (κ3) is 2.49. The molecule has 1 aromatic heterocycles. The van der Waals surface area contributed by atoms with Crippen LogP contribution in [0.25, 0.3) is 0 Å². The Morgan fingerprint density at radius 1 is 1.39 bits per heavy atom. The van der Waals surface area contributed by atoms with Crippen LogP contribution in [0.5, 0.6) is 0 Å². The summed E-state index contributed by atoms with van der Waals surface area (Å²) in [6, 6.07) is 6.05. The molecule has 0 N–H and O–H groups in total. The summed E-state index contributed by atoms with van der Waals surface area (Å²) in [4.78, 5) is 7.03. The van der Waals surface area contributed by atoms with E-state index in [4.69, 9.17) is 0 Å². The van der Waals surface area contributed by atoms with E-state index in [2.05, 4.69) is 34.2 Å². The molecule has 0 bridgehead atoms. The van der Waals surface area contributed by atoms with Crippen molar-refractivity contribution in [1.82, 2.24) is 9.80 Å². The van der Waals surface area contributed by atoms with E-state index in [1.165, 1.54) is 51.9 Å². The molecule has 2 aliphatic heterocycles. The number of piperazine rings is 1. The molecule has 2 atom stereocenters. The molecule has 3 rings (SSSR count). The van der Waals surface area contributed by atoms with Crippen LogP contribution in [-0.2, 0) is 0 Å². The largest absolute Gasteiger partial charge is 0.298 e. The lowest BCUT2D eigenvalue weighted by Gasteiger charge is -2.41. The summed E-state index contributed by atoms with van der Waals surface area (Å²) in [5.74, 6) is 0. The summed E-state index contributed by atoms with van der Waals surface area (Å²) in [5.41, 5.74) is 0. The molecular formula is C15H24N2S. The summed E-state index contributed by atoms with van der Waals surface area (Å²) in [6.45, 7) is 7.50. The van der Waals surface area contributed by atoms with Gasteiger partial charge in [0.2, 0.25) is 0 Å². The van der Waals surface area contributed by atoms with Crippen molar-refractivity contribution in [2.45, 2.75) is 44.7 Å². The highest BCUT2D eigenvalue weighted by Gasteiger charge is 2.33. The summed E-state index contributed by atoms with van der Waals surface area (Å²) in [5, 5.41) is 2.23. The molecule has 18 heavy (non-hydrogen) atoms. The molecule has 3 heteroatoms. The fourth-order valence-corrected chi connectivity index (χ4v) is 4.45. The summed E-state index contributed by atoms with van der Waals surface area (Å²) < 4.78 is 0. The smallest absolute Gasteiger partial charge is 0.0442 e. The molecule has 0 spiro atoms. The Morgan fingerprint density at radius 2 is 2.33 bits per heavy atom. The van der Waals surface area contributed by atoms with Crippen molar-refractivity contribution in [2.24, 2.45) is 0 Å². The van der Waals surface area contributed by atoms with Crippen LogP contribution in [0.2, 0.25) is 0 Å². The van der Waals surface area contributed by atoms with E-state index in [0.717, 1.165) is 6.04 Å². The first-order valence-corrected chi connectivity index (χ1v) is 8.28. The average molecular weight is 264 g/mol. The van der Waals surface area contributed by atoms with Gasteiger partial charge in [-0.3, -0.25) is 9.80 Å². The van der Waals surface area contributed by atoms with Crippen LogP contribution in [0.4, 0.5) is 0 Å². The maximum absolute atomic E-state index is 2.75. The first-order valence-electron chi connectivity index (χ1n) is 7.40. The van der Waals surface area contributed by atoms with E-state index in [-0.39, 0.29) is 0 Å². The van der Waals surface area contributed by atoms with Gasteiger partial charge in [-0.05, 0) is 37.3 Å². The topological polar surface area (TPSA) is 6.48 Å². The monoisotopic (exact) mass is 264 g/mol. The van der Waals surface area contributed by atoms with Crippen LogP contribution in [0, 0.1) is 0 Å². The Morgan fingerprint density at radius 3 is 3.11 bits per heavy atom. The molecule has 1 aromatic rings. The summed E-state index contributed by atoms with van der Waals surface area (Å²) >= 11 is 1.93. The minimum absolute atomic E-state index is 0.678. The lowest BCUT2D eigenvalue weighted by Crippen LogP contribution is -2.50. The van der Waals surface area contributed by atoms with E-state index in [1.807, 2.05) is 11.3 Å². The maximum Gasteiger partial charge on any atom is 0.0442 e. The van der Waals surface area contributed by atoms with Crippen LogP contribution < -0.4 is 0 Å². The van der Waals surface area contributed by atoms with E-state index in [1.54, 1.807) is 4.88 Å². The van der Waals surface area contributed by atoms with Crippen molar-refractivity contribution in [3.63, 3.8) is 0 Å². The maximum atomic E-state index is 2.75. The van der Waals surface area contributed by atoms with Gasteiger partial charge in [-0.25, -0.2) is 0 Å². The number of hydrogen-bond acceptors (Lipinski definition) is 3. The molecule has 0 aromatic carbocycles. The standard InChI is InChI=1S/C15H24N2S/c1-2-5-14(15-7-4-11-18-15)17-10-9-16-8-3-6-13(16)12-17/h4,7,11,13-14H,2-3,5-6,8-10,12H2,1H3. The third-order valence-electron chi connectivity index (χ3n) is 4.49. The minimum atomic E-state index is 0.678.